The van der Waals surface area contributed by atoms with Crippen molar-refractivity contribution in [2.24, 2.45) is 5.92 Å². The first-order chi connectivity index (χ1) is 12.6. The molecule has 1 heterocycles. The molecule has 1 saturated carbocycles. The molecule has 26 heavy (non-hydrogen) atoms. The van der Waals surface area contributed by atoms with Crippen molar-refractivity contribution in [1.82, 2.24) is 4.90 Å². The summed E-state index contributed by atoms with van der Waals surface area (Å²) in [5.74, 6) is 2.07. The SMILES string of the molecule is C#CCC(=O)OCOC(=O)N1C[C@H]2C[C@@]2(c2ccc3ccccc3c2)C1. The molecular formula is C21H19NO4. The van der Waals surface area contributed by atoms with Crippen LogP contribution in [-0.4, -0.2) is 36.8 Å². The first-order valence-corrected chi connectivity index (χ1v) is 8.62. The predicted octanol–water partition coefficient (Wildman–Crippen LogP) is 3.07. The molecule has 1 amide bonds. The number of benzene rings is 2. The van der Waals surface area contributed by atoms with E-state index >= 15 is 0 Å². The molecule has 1 aliphatic carbocycles. The Morgan fingerprint density at radius 3 is 2.81 bits per heavy atom. The molecular weight excluding hydrogens is 330 g/mol. The zero-order valence-corrected chi connectivity index (χ0v) is 14.3. The fourth-order valence-electron chi connectivity index (χ4n) is 3.94. The van der Waals surface area contributed by atoms with Gasteiger partial charge in [-0.3, -0.25) is 4.79 Å². The number of nitrogens with zero attached hydrogens (tertiary/aromatic N) is 1. The van der Waals surface area contributed by atoms with Gasteiger partial charge in [-0.2, -0.15) is 0 Å². The Kier molecular flexibility index (Phi) is 4.04. The van der Waals surface area contributed by atoms with Crippen molar-refractivity contribution >= 4 is 22.8 Å². The van der Waals surface area contributed by atoms with Crippen molar-refractivity contribution in [3.63, 3.8) is 0 Å². The summed E-state index contributed by atoms with van der Waals surface area (Å²) in [7, 11) is 0. The Morgan fingerprint density at radius 1 is 1.19 bits per heavy atom. The number of hydrogen-bond acceptors (Lipinski definition) is 4. The highest BCUT2D eigenvalue weighted by Gasteiger charge is 2.61. The van der Waals surface area contributed by atoms with Gasteiger partial charge in [-0.15, -0.1) is 6.42 Å². The summed E-state index contributed by atoms with van der Waals surface area (Å²) in [6, 6.07) is 14.8. The average Bonchev–Trinajstić information content (AvgIpc) is 3.22. The number of amides is 1. The number of carbonyl (C=O) groups is 2. The topological polar surface area (TPSA) is 55.8 Å². The van der Waals surface area contributed by atoms with Gasteiger partial charge in [0, 0.05) is 18.5 Å². The molecule has 2 aromatic rings. The Hall–Kier alpha value is -3.00. The number of likely N-dealkylation sites (tertiary alicyclic amines) is 1. The highest BCUT2D eigenvalue weighted by molar-refractivity contribution is 5.83. The molecule has 2 aliphatic rings. The number of carbonyl (C=O) groups excluding carboxylic acids is 2. The van der Waals surface area contributed by atoms with E-state index in [9.17, 15) is 9.59 Å². The molecule has 2 atom stereocenters. The maximum atomic E-state index is 12.2. The largest absolute Gasteiger partial charge is 0.427 e. The summed E-state index contributed by atoms with van der Waals surface area (Å²) in [6.07, 6.45) is 5.52. The Bertz CT molecular complexity index is 916. The van der Waals surface area contributed by atoms with Crippen molar-refractivity contribution in [3.8, 4) is 12.3 Å². The summed E-state index contributed by atoms with van der Waals surface area (Å²) >= 11 is 0. The van der Waals surface area contributed by atoms with E-state index < -0.39 is 18.9 Å². The van der Waals surface area contributed by atoms with Gasteiger partial charge in [-0.1, -0.05) is 48.4 Å². The lowest BCUT2D eigenvalue weighted by molar-refractivity contribution is -0.151. The molecule has 5 heteroatoms. The van der Waals surface area contributed by atoms with Gasteiger partial charge in [-0.25, -0.2) is 4.79 Å². The van der Waals surface area contributed by atoms with E-state index in [4.69, 9.17) is 15.9 Å². The van der Waals surface area contributed by atoms with Gasteiger partial charge in [0.25, 0.3) is 0 Å². The van der Waals surface area contributed by atoms with Crippen molar-refractivity contribution in [3.05, 3.63) is 48.0 Å². The third-order valence-electron chi connectivity index (χ3n) is 5.38. The number of hydrogen-bond donors (Lipinski definition) is 0. The standard InChI is InChI=1S/C21H19NO4/c1-2-5-19(23)25-14-26-20(24)22-12-18-11-21(18,13-22)17-9-8-15-6-3-4-7-16(15)10-17/h1,3-4,6-10,18H,5,11-14H2/t18-,21+/m1/s1. The zero-order valence-electron chi connectivity index (χ0n) is 14.3. The van der Waals surface area contributed by atoms with Crippen LogP contribution in [0.5, 0.6) is 0 Å². The Labute approximate surface area is 151 Å². The molecule has 2 fully saturated rings. The van der Waals surface area contributed by atoms with Crippen LogP contribution in [0.1, 0.15) is 18.4 Å². The van der Waals surface area contributed by atoms with Crippen LogP contribution in [0.2, 0.25) is 0 Å². The van der Waals surface area contributed by atoms with Gasteiger partial charge >= 0.3 is 12.1 Å². The van der Waals surface area contributed by atoms with Crippen LogP contribution in [0, 0.1) is 18.3 Å². The molecule has 5 nitrogen and oxygen atoms in total. The van der Waals surface area contributed by atoms with Gasteiger partial charge in [0.15, 0.2) is 0 Å². The Balaban J connectivity index is 1.39. The molecule has 1 saturated heterocycles. The van der Waals surface area contributed by atoms with E-state index in [1.54, 1.807) is 4.90 Å². The van der Waals surface area contributed by atoms with Gasteiger partial charge < -0.3 is 14.4 Å². The fourth-order valence-corrected chi connectivity index (χ4v) is 3.94. The number of terminal acetylenes is 1. The second kappa shape index (κ2) is 6.38. The first kappa shape index (κ1) is 16.5. The molecule has 132 valence electrons. The molecule has 1 aliphatic heterocycles. The number of rotatable bonds is 4. The lowest BCUT2D eigenvalue weighted by atomic mass is 9.93. The maximum absolute atomic E-state index is 12.2. The average molecular weight is 349 g/mol. The van der Waals surface area contributed by atoms with Crippen LogP contribution < -0.4 is 0 Å². The van der Waals surface area contributed by atoms with Gasteiger partial charge in [-0.05, 0) is 28.7 Å². The van der Waals surface area contributed by atoms with Gasteiger partial charge in [0.1, 0.15) is 6.42 Å². The normalized spacial score (nSPS) is 23.2. The third-order valence-corrected chi connectivity index (χ3v) is 5.38. The molecule has 0 radical (unpaired) electrons. The molecule has 4 rings (SSSR count). The summed E-state index contributed by atoms with van der Waals surface area (Å²) < 4.78 is 9.80. The maximum Gasteiger partial charge on any atom is 0.412 e. The van der Waals surface area contributed by atoms with E-state index in [0.717, 1.165) is 6.42 Å². The van der Waals surface area contributed by atoms with Crippen LogP contribution in [0.25, 0.3) is 10.8 Å². The molecule has 0 spiro atoms. The molecule has 0 bridgehead atoms. The predicted molar refractivity (Wildman–Crippen MR) is 96.2 cm³/mol. The van der Waals surface area contributed by atoms with Crippen LogP contribution in [-0.2, 0) is 19.7 Å². The van der Waals surface area contributed by atoms with E-state index in [0.29, 0.717) is 19.0 Å². The minimum atomic E-state index is -0.572. The molecule has 2 aromatic carbocycles. The van der Waals surface area contributed by atoms with Crippen molar-refractivity contribution in [2.45, 2.75) is 18.3 Å². The van der Waals surface area contributed by atoms with E-state index in [1.165, 1.54) is 16.3 Å². The van der Waals surface area contributed by atoms with Crippen LogP contribution >= 0.6 is 0 Å². The summed E-state index contributed by atoms with van der Waals surface area (Å²) in [5.41, 5.74) is 1.31. The van der Waals surface area contributed by atoms with Crippen LogP contribution in [0.15, 0.2) is 42.5 Å². The van der Waals surface area contributed by atoms with Crippen molar-refractivity contribution in [2.75, 3.05) is 19.9 Å². The summed E-state index contributed by atoms with van der Waals surface area (Å²) in [4.78, 5) is 25.1. The highest BCUT2D eigenvalue weighted by atomic mass is 16.7. The molecule has 0 N–H and O–H groups in total. The van der Waals surface area contributed by atoms with Crippen molar-refractivity contribution in [1.29, 1.82) is 0 Å². The van der Waals surface area contributed by atoms with Crippen LogP contribution in [0.4, 0.5) is 4.79 Å². The Morgan fingerprint density at radius 2 is 2.00 bits per heavy atom. The van der Waals surface area contributed by atoms with Gasteiger partial charge in [0.05, 0.1) is 0 Å². The second-order valence-corrected chi connectivity index (χ2v) is 6.92. The number of ether oxygens (including phenoxy) is 2. The first-order valence-electron chi connectivity index (χ1n) is 8.62. The van der Waals surface area contributed by atoms with E-state index in [-0.39, 0.29) is 11.8 Å². The highest BCUT2D eigenvalue weighted by Crippen LogP contribution is 2.59. The molecule has 0 aromatic heterocycles. The molecule has 0 unspecified atom stereocenters. The quantitative estimate of drug-likeness (QED) is 0.484. The zero-order chi connectivity index (χ0) is 18.1. The van der Waals surface area contributed by atoms with Gasteiger partial charge in [0.2, 0.25) is 6.79 Å². The monoisotopic (exact) mass is 349 g/mol. The van der Waals surface area contributed by atoms with E-state index in [1.807, 2.05) is 12.1 Å². The fraction of sp³-hybridized carbons (Fsp3) is 0.333. The number of fused-ring (bicyclic) bond motifs is 2. The minimum absolute atomic E-state index is 0.0309. The third kappa shape index (κ3) is 2.88. The number of esters is 1. The lowest BCUT2D eigenvalue weighted by Gasteiger charge is -2.21. The second-order valence-electron chi connectivity index (χ2n) is 6.92. The summed E-state index contributed by atoms with van der Waals surface area (Å²) in [5, 5.41) is 2.43. The van der Waals surface area contributed by atoms with Crippen LogP contribution in [0.3, 0.4) is 0 Å². The van der Waals surface area contributed by atoms with E-state index in [2.05, 4.69) is 36.3 Å². The minimum Gasteiger partial charge on any atom is -0.427 e. The smallest absolute Gasteiger partial charge is 0.412 e. The van der Waals surface area contributed by atoms with Crippen molar-refractivity contribution < 1.29 is 19.1 Å². The number of piperidine rings is 1. The lowest BCUT2D eigenvalue weighted by Crippen LogP contribution is -2.34. The summed E-state index contributed by atoms with van der Waals surface area (Å²) in [6.45, 7) is 0.903.